The van der Waals surface area contributed by atoms with Crippen LogP contribution in [0, 0.1) is 17.5 Å². The summed E-state index contributed by atoms with van der Waals surface area (Å²) in [5.41, 5.74) is -1.02. The fourth-order valence-electron chi connectivity index (χ4n) is 2.39. The maximum atomic E-state index is 13.4. The van der Waals surface area contributed by atoms with Gasteiger partial charge in [-0.15, -0.1) is 0 Å². The molecule has 0 aliphatic carbocycles. The van der Waals surface area contributed by atoms with Gasteiger partial charge in [0.1, 0.15) is 11.5 Å². The number of rotatable bonds is 4. The predicted molar refractivity (Wildman–Crippen MR) is 104 cm³/mol. The highest BCUT2D eigenvalue weighted by Crippen LogP contribution is 2.28. The smallest absolute Gasteiger partial charge is 0.352 e. The number of alkyl halides is 3. The van der Waals surface area contributed by atoms with Crippen LogP contribution in [0.2, 0.25) is 5.02 Å². The molecule has 168 valence electrons. The number of carbonyl (C=O) groups excluding carboxylic acids is 1. The fraction of sp³-hybridized carbons (Fsp3) is 0.105. The van der Waals surface area contributed by atoms with E-state index in [9.17, 15) is 31.1 Å². The first kappa shape index (κ1) is 23.1. The van der Waals surface area contributed by atoms with Crippen LogP contribution in [0.1, 0.15) is 21.6 Å². The van der Waals surface area contributed by atoms with Gasteiger partial charge in [-0.25, -0.2) is 13.2 Å². The normalized spacial score (nSPS) is 12.0. The molecule has 3 aromatic rings. The molecule has 0 radical (unpaired) electrons. The van der Waals surface area contributed by atoms with Crippen molar-refractivity contribution < 1.29 is 31.1 Å². The highest BCUT2D eigenvalue weighted by molar-refractivity contribution is 6.30. The highest BCUT2D eigenvalue weighted by Gasteiger charge is 2.33. The van der Waals surface area contributed by atoms with E-state index in [1.807, 2.05) is 0 Å². The molecule has 32 heavy (non-hydrogen) atoms. The maximum absolute atomic E-state index is 13.4. The number of anilines is 1. The third kappa shape index (κ3) is 5.78. The SMILES string of the molecule is O=C(/N=C(/NCc1ccc(F)c(Cl)c1)Nc1cc(C(F)(F)F)[nH]n1)c1ccc(F)c(F)c1. The van der Waals surface area contributed by atoms with E-state index in [0.717, 1.165) is 18.2 Å². The molecule has 3 N–H and O–H groups in total. The van der Waals surface area contributed by atoms with Gasteiger partial charge in [0.05, 0.1) is 5.02 Å². The summed E-state index contributed by atoms with van der Waals surface area (Å²) in [6.45, 7) is -0.0759. The minimum absolute atomic E-state index is 0.0759. The lowest BCUT2D eigenvalue weighted by Crippen LogP contribution is -2.31. The van der Waals surface area contributed by atoms with Gasteiger partial charge in [0, 0.05) is 18.2 Å². The van der Waals surface area contributed by atoms with Gasteiger partial charge in [0.15, 0.2) is 17.5 Å². The van der Waals surface area contributed by atoms with E-state index >= 15 is 0 Å². The van der Waals surface area contributed by atoms with Crippen molar-refractivity contribution in [2.75, 3.05) is 5.32 Å². The number of aliphatic imine (C=N–C) groups is 1. The van der Waals surface area contributed by atoms with Crippen LogP contribution in [0.15, 0.2) is 47.5 Å². The Bertz CT molecular complexity index is 1180. The van der Waals surface area contributed by atoms with E-state index in [-0.39, 0.29) is 28.9 Å². The Morgan fingerprint density at radius 3 is 2.38 bits per heavy atom. The van der Waals surface area contributed by atoms with Gasteiger partial charge in [-0.05, 0) is 35.9 Å². The van der Waals surface area contributed by atoms with Crippen molar-refractivity contribution in [3.05, 3.63) is 81.8 Å². The monoisotopic (exact) mass is 475 g/mol. The Morgan fingerprint density at radius 2 is 1.75 bits per heavy atom. The zero-order chi connectivity index (χ0) is 23.5. The Balaban J connectivity index is 1.85. The molecule has 0 fully saturated rings. The number of hydrogen-bond donors (Lipinski definition) is 3. The van der Waals surface area contributed by atoms with E-state index in [0.29, 0.717) is 17.7 Å². The topological polar surface area (TPSA) is 82.2 Å². The summed E-state index contributed by atoms with van der Waals surface area (Å²) in [5, 5.41) is 10.1. The molecule has 1 heterocycles. The van der Waals surface area contributed by atoms with Crippen molar-refractivity contribution in [2.24, 2.45) is 4.99 Å². The van der Waals surface area contributed by atoms with Crippen LogP contribution < -0.4 is 10.6 Å². The lowest BCUT2D eigenvalue weighted by molar-refractivity contribution is -0.141. The number of aromatic nitrogens is 2. The number of nitrogens with zero attached hydrogens (tertiary/aromatic N) is 2. The summed E-state index contributed by atoms with van der Waals surface area (Å²) in [6, 6.07) is 6.72. The summed E-state index contributed by atoms with van der Waals surface area (Å²) in [5.74, 6) is -4.84. The van der Waals surface area contributed by atoms with Gasteiger partial charge in [-0.1, -0.05) is 17.7 Å². The van der Waals surface area contributed by atoms with Gasteiger partial charge in [0.2, 0.25) is 5.96 Å². The van der Waals surface area contributed by atoms with E-state index in [4.69, 9.17) is 11.6 Å². The third-order valence-corrected chi connectivity index (χ3v) is 4.24. The molecule has 6 nitrogen and oxygen atoms in total. The number of guanidine groups is 1. The average Bonchev–Trinajstić information content (AvgIpc) is 3.19. The van der Waals surface area contributed by atoms with Crippen molar-refractivity contribution in [2.45, 2.75) is 12.7 Å². The molecule has 0 atom stereocenters. The van der Waals surface area contributed by atoms with Crippen LogP contribution in [-0.4, -0.2) is 22.1 Å². The van der Waals surface area contributed by atoms with Crippen molar-refractivity contribution in [1.82, 2.24) is 15.5 Å². The second-order valence-electron chi connectivity index (χ2n) is 6.29. The summed E-state index contributed by atoms with van der Waals surface area (Å²) in [6.07, 6.45) is -4.69. The number of amides is 1. The van der Waals surface area contributed by atoms with Crippen LogP contribution in [0.25, 0.3) is 0 Å². The molecule has 2 aromatic carbocycles. The average molecular weight is 476 g/mol. The van der Waals surface area contributed by atoms with Gasteiger partial charge in [-0.3, -0.25) is 9.89 Å². The second-order valence-corrected chi connectivity index (χ2v) is 6.69. The zero-order valence-electron chi connectivity index (χ0n) is 15.7. The Morgan fingerprint density at radius 1 is 1.03 bits per heavy atom. The molecule has 0 unspecified atom stereocenters. The van der Waals surface area contributed by atoms with Crippen molar-refractivity contribution >= 4 is 29.3 Å². The van der Waals surface area contributed by atoms with E-state index in [1.54, 1.807) is 5.10 Å². The fourth-order valence-corrected chi connectivity index (χ4v) is 2.60. The number of benzene rings is 2. The molecule has 0 spiro atoms. The van der Waals surface area contributed by atoms with Crippen LogP contribution in [0.3, 0.4) is 0 Å². The molecule has 0 saturated carbocycles. The van der Waals surface area contributed by atoms with Crippen LogP contribution in [0.5, 0.6) is 0 Å². The first-order chi connectivity index (χ1) is 15.0. The quantitative estimate of drug-likeness (QED) is 0.285. The predicted octanol–water partition coefficient (Wildman–Crippen LogP) is 4.90. The van der Waals surface area contributed by atoms with Gasteiger partial charge in [-0.2, -0.15) is 23.3 Å². The minimum atomic E-state index is -4.69. The van der Waals surface area contributed by atoms with Crippen molar-refractivity contribution in [3.63, 3.8) is 0 Å². The van der Waals surface area contributed by atoms with Crippen molar-refractivity contribution in [3.8, 4) is 0 Å². The number of nitrogens with one attached hydrogen (secondary N) is 3. The zero-order valence-corrected chi connectivity index (χ0v) is 16.5. The molecule has 0 aliphatic heterocycles. The third-order valence-electron chi connectivity index (χ3n) is 3.95. The number of carbonyl (C=O) groups is 1. The highest BCUT2D eigenvalue weighted by atomic mass is 35.5. The number of aromatic amines is 1. The van der Waals surface area contributed by atoms with E-state index < -0.39 is 35.2 Å². The number of hydrogen-bond acceptors (Lipinski definition) is 2. The molecule has 1 aromatic heterocycles. The molecule has 13 heteroatoms. The molecular formula is C19H12ClF6N5O. The van der Waals surface area contributed by atoms with E-state index in [1.165, 1.54) is 12.1 Å². The summed E-state index contributed by atoms with van der Waals surface area (Å²) in [4.78, 5) is 16.0. The molecule has 0 aliphatic rings. The standard InChI is InChI=1S/C19H12ClF6N5O/c20-11-5-9(1-3-12(11)21)8-27-18(28-16-7-15(30-31-16)19(24,25)26)29-17(32)10-2-4-13(22)14(23)6-10/h1-7H,8H2,(H3,27,28,29,30,31,32). The molecule has 3 rings (SSSR count). The van der Waals surface area contributed by atoms with Crippen LogP contribution >= 0.6 is 11.6 Å². The van der Waals surface area contributed by atoms with Gasteiger partial charge in [0.25, 0.3) is 5.91 Å². The second kappa shape index (κ2) is 9.30. The van der Waals surface area contributed by atoms with Gasteiger partial charge < -0.3 is 10.6 Å². The van der Waals surface area contributed by atoms with Crippen LogP contribution in [-0.2, 0) is 12.7 Å². The number of halogens is 7. The Labute approximate surface area is 181 Å². The molecule has 0 saturated heterocycles. The Kier molecular flexibility index (Phi) is 6.72. The largest absolute Gasteiger partial charge is 0.432 e. The summed E-state index contributed by atoms with van der Waals surface area (Å²) < 4.78 is 78.1. The maximum Gasteiger partial charge on any atom is 0.432 e. The van der Waals surface area contributed by atoms with Crippen LogP contribution in [0.4, 0.5) is 32.2 Å². The molecular weight excluding hydrogens is 464 g/mol. The first-order valence-electron chi connectivity index (χ1n) is 8.68. The lowest BCUT2D eigenvalue weighted by Gasteiger charge is -2.11. The Hall–Kier alpha value is -3.54. The summed E-state index contributed by atoms with van der Waals surface area (Å²) >= 11 is 5.71. The van der Waals surface area contributed by atoms with E-state index in [2.05, 4.69) is 20.7 Å². The van der Waals surface area contributed by atoms with Crippen molar-refractivity contribution in [1.29, 1.82) is 0 Å². The first-order valence-corrected chi connectivity index (χ1v) is 9.06. The lowest BCUT2D eigenvalue weighted by atomic mass is 10.2. The molecule has 1 amide bonds. The summed E-state index contributed by atoms with van der Waals surface area (Å²) in [7, 11) is 0. The minimum Gasteiger partial charge on any atom is -0.352 e. The number of H-pyrrole nitrogens is 1. The van der Waals surface area contributed by atoms with Gasteiger partial charge >= 0.3 is 6.18 Å². The molecule has 0 bridgehead atoms.